The summed E-state index contributed by atoms with van der Waals surface area (Å²) in [6.07, 6.45) is 0.779. The predicted molar refractivity (Wildman–Crippen MR) is 73.8 cm³/mol. The molecule has 0 aromatic carbocycles. The standard InChI is InChI=1S/C13H15N3O2S/c14-4-1-3-11-7-10(9-19-11)13(18)16-6-2-5-15-12(17)8-16/h7,9H,2,4-6,8,14H2,(H,15,17). The van der Waals surface area contributed by atoms with Crippen molar-refractivity contribution < 1.29 is 9.59 Å². The smallest absolute Gasteiger partial charge is 0.255 e. The van der Waals surface area contributed by atoms with Crippen LogP contribution in [0.2, 0.25) is 0 Å². The highest BCUT2D eigenvalue weighted by molar-refractivity contribution is 7.10. The maximum absolute atomic E-state index is 12.3. The van der Waals surface area contributed by atoms with Crippen LogP contribution in [-0.2, 0) is 4.79 Å². The first-order valence-corrected chi connectivity index (χ1v) is 6.92. The van der Waals surface area contributed by atoms with E-state index in [0.717, 1.165) is 11.3 Å². The molecule has 1 aliphatic rings. The minimum Gasteiger partial charge on any atom is -0.354 e. The Labute approximate surface area is 115 Å². The molecule has 0 aliphatic carbocycles. The average Bonchev–Trinajstić information content (AvgIpc) is 2.77. The number of rotatable bonds is 1. The molecule has 1 aromatic rings. The number of carbonyl (C=O) groups excluding carboxylic acids is 2. The quantitative estimate of drug-likeness (QED) is 0.711. The molecule has 0 radical (unpaired) electrons. The third kappa shape index (κ3) is 3.56. The van der Waals surface area contributed by atoms with E-state index in [1.807, 2.05) is 0 Å². The zero-order chi connectivity index (χ0) is 13.7. The fourth-order valence-corrected chi connectivity index (χ4v) is 2.56. The highest BCUT2D eigenvalue weighted by Crippen LogP contribution is 2.16. The van der Waals surface area contributed by atoms with Gasteiger partial charge in [-0.15, -0.1) is 11.3 Å². The van der Waals surface area contributed by atoms with Crippen LogP contribution < -0.4 is 11.1 Å². The zero-order valence-electron chi connectivity index (χ0n) is 10.4. The second-order valence-electron chi connectivity index (χ2n) is 4.14. The molecule has 0 spiro atoms. The Morgan fingerprint density at radius 1 is 1.58 bits per heavy atom. The lowest BCUT2D eigenvalue weighted by atomic mass is 10.2. The van der Waals surface area contributed by atoms with Crippen molar-refractivity contribution in [1.82, 2.24) is 10.2 Å². The van der Waals surface area contributed by atoms with E-state index >= 15 is 0 Å². The van der Waals surface area contributed by atoms with Gasteiger partial charge in [0.25, 0.3) is 5.91 Å². The number of hydrogen-bond donors (Lipinski definition) is 2. The van der Waals surface area contributed by atoms with E-state index in [4.69, 9.17) is 5.73 Å². The summed E-state index contributed by atoms with van der Waals surface area (Å²) in [5, 5.41) is 4.52. The maximum atomic E-state index is 12.3. The second kappa shape index (κ2) is 6.36. The molecule has 0 unspecified atom stereocenters. The molecule has 3 N–H and O–H groups in total. The Morgan fingerprint density at radius 2 is 2.42 bits per heavy atom. The molecule has 2 rings (SSSR count). The van der Waals surface area contributed by atoms with Gasteiger partial charge >= 0.3 is 0 Å². The van der Waals surface area contributed by atoms with Gasteiger partial charge in [0.2, 0.25) is 5.91 Å². The molecule has 1 fully saturated rings. The Morgan fingerprint density at radius 3 is 3.21 bits per heavy atom. The highest BCUT2D eigenvalue weighted by atomic mass is 32.1. The van der Waals surface area contributed by atoms with Crippen molar-refractivity contribution in [2.75, 3.05) is 26.2 Å². The van der Waals surface area contributed by atoms with Crippen molar-refractivity contribution in [2.45, 2.75) is 6.42 Å². The van der Waals surface area contributed by atoms with Crippen molar-refractivity contribution in [3.8, 4) is 11.8 Å². The van der Waals surface area contributed by atoms with Crippen LogP contribution in [0.1, 0.15) is 21.7 Å². The monoisotopic (exact) mass is 277 g/mol. The Bertz CT molecular complexity index is 542. The SMILES string of the molecule is NCC#Cc1cc(C(=O)N2CCCNC(=O)C2)cs1. The van der Waals surface area contributed by atoms with Crippen LogP contribution in [0.5, 0.6) is 0 Å². The normalized spacial score (nSPS) is 15.2. The fraction of sp³-hybridized carbons (Fsp3) is 0.385. The molecular weight excluding hydrogens is 262 g/mol. The molecular formula is C13H15N3O2S. The summed E-state index contributed by atoms with van der Waals surface area (Å²) in [6, 6.07) is 1.75. The zero-order valence-corrected chi connectivity index (χ0v) is 11.3. The maximum Gasteiger partial charge on any atom is 0.255 e. The van der Waals surface area contributed by atoms with E-state index in [-0.39, 0.29) is 18.4 Å². The van der Waals surface area contributed by atoms with Crippen molar-refractivity contribution >= 4 is 23.2 Å². The molecule has 0 atom stereocenters. The number of nitrogens with one attached hydrogen (secondary N) is 1. The van der Waals surface area contributed by atoms with Crippen LogP contribution in [0, 0.1) is 11.8 Å². The molecule has 1 aliphatic heterocycles. The van der Waals surface area contributed by atoms with E-state index in [1.165, 1.54) is 11.3 Å². The van der Waals surface area contributed by atoms with E-state index in [1.54, 1.807) is 16.3 Å². The van der Waals surface area contributed by atoms with Crippen LogP contribution in [-0.4, -0.2) is 42.9 Å². The molecule has 2 amide bonds. The molecule has 0 saturated carbocycles. The van der Waals surface area contributed by atoms with Crippen LogP contribution >= 0.6 is 11.3 Å². The number of nitrogens with zero attached hydrogens (tertiary/aromatic N) is 1. The third-order valence-corrected chi connectivity index (χ3v) is 3.55. The van der Waals surface area contributed by atoms with Gasteiger partial charge in [0.15, 0.2) is 0 Å². The fourth-order valence-electron chi connectivity index (χ4n) is 1.81. The summed E-state index contributed by atoms with van der Waals surface area (Å²) < 4.78 is 0. The van der Waals surface area contributed by atoms with Crippen LogP contribution in [0.3, 0.4) is 0 Å². The molecule has 0 bridgehead atoms. The van der Waals surface area contributed by atoms with Crippen LogP contribution in [0.25, 0.3) is 0 Å². The average molecular weight is 277 g/mol. The van der Waals surface area contributed by atoms with Gasteiger partial charge in [-0.3, -0.25) is 9.59 Å². The van der Waals surface area contributed by atoms with Gasteiger partial charge in [-0.05, 0) is 12.5 Å². The van der Waals surface area contributed by atoms with Gasteiger partial charge in [-0.25, -0.2) is 0 Å². The number of amides is 2. The van der Waals surface area contributed by atoms with Crippen molar-refractivity contribution in [1.29, 1.82) is 0 Å². The van der Waals surface area contributed by atoms with Gasteiger partial charge in [0.1, 0.15) is 0 Å². The lowest BCUT2D eigenvalue weighted by molar-refractivity contribution is -0.121. The lowest BCUT2D eigenvalue weighted by Gasteiger charge is -2.17. The van der Waals surface area contributed by atoms with E-state index in [2.05, 4.69) is 17.2 Å². The largest absolute Gasteiger partial charge is 0.354 e. The molecule has 1 saturated heterocycles. The summed E-state index contributed by atoms with van der Waals surface area (Å²) in [5.41, 5.74) is 5.89. The minimum absolute atomic E-state index is 0.107. The molecule has 6 heteroatoms. The van der Waals surface area contributed by atoms with E-state index in [0.29, 0.717) is 25.2 Å². The van der Waals surface area contributed by atoms with E-state index in [9.17, 15) is 9.59 Å². The first-order valence-electron chi connectivity index (χ1n) is 6.04. The minimum atomic E-state index is -0.117. The second-order valence-corrected chi connectivity index (χ2v) is 5.05. The van der Waals surface area contributed by atoms with Gasteiger partial charge < -0.3 is 16.0 Å². The Balaban J connectivity index is 2.10. The first-order chi connectivity index (χ1) is 9.20. The summed E-state index contributed by atoms with van der Waals surface area (Å²) in [5.74, 6) is 5.43. The summed E-state index contributed by atoms with van der Waals surface area (Å²) in [6.45, 7) is 1.64. The summed E-state index contributed by atoms with van der Waals surface area (Å²) in [4.78, 5) is 26.1. The Kier molecular flexibility index (Phi) is 4.55. The summed E-state index contributed by atoms with van der Waals surface area (Å²) >= 11 is 1.41. The van der Waals surface area contributed by atoms with Crippen LogP contribution in [0.4, 0.5) is 0 Å². The van der Waals surface area contributed by atoms with Gasteiger partial charge in [0, 0.05) is 18.5 Å². The first kappa shape index (κ1) is 13.6. The third-order valence-electron chi connectivity index (χ3n) is 2.71. The molecule has 2 heterocycles. The van der Waals surface area contributed by atoms with E-state index < -0.39 is 0 Å². The van der Waals surface area contributed by atoms with Crippen molar-refractivity contribution in [3.05, 3.63) is 21.9 Å². The molecule has 100 valence electrons. The molecule has 1 aromatic heterocycles. The van der Waals surface area contributed by atoms with Crippen LogP contribution in [0.15, 0.2) is 11.4 Å². The van der Waals surface area contributed by atoms with Gasteiger partial charge in [0.05, 0.1) is 23.5 Å². The summed E-state index contributed by atoms with van der Waals surface area (Å²) in [7, 11) is 0. The number of nitrogens with two attached hydrogens (primary N) is 1. The van der Waals surface area contributed by atoms with Gasteiger partial charge in [-0.2, -0.15) is 0 Å². The highest BCUT2D eigenvalue weighted by Gasteiger charge is 2.21. The molecule has 19 heavy (non-hydrogen) atoms. The number of carbonyl (C=O) groups is 2. The number of thiophene rings is 1. The topological polar surface area (TPSA) is 75.4 Å². The lowest BCUT2D eigenvalue weighted by Crippen LogP contribution is -2.37. The predicted octanol–water partition coefficient (Wildman–Crippen LogP) is 0.0204. The molecule has 5 nitrogen and oxygen atoms in total. The number of hydrogen-bond acceptors (Lipinski definition) is 4. The Hall–Kier alpha value is -1.84. The van der Waals surface area contributed by atoms with Crippen molar-refractivity contribution in [3.63, 3.8) is 0 Å². The van der Waals surface area contributed by atoms with Gasteiger partial charge in [-0.1, -0.05) is 11.8 Å². The van der Waals surface area contributed by atoms with Crippen molar-refractivity contribution in [2.24, 2.45) is 5.73 Å².